The van der Waals surface area contributed by atoms with E-state index in [0.29, 0.717) is 22.0 Å². The number of rotatable bonds is 3. The molecule has 0 saturated carbocycles. The van der Waals surface area contributed by atoms with Crippen LogP contribution in [0.1, 0.15) is 5.56 Å². The number of aliphatic imine (C=N–C) groups is 4. The molecule has 2 aliphatic heterocycles. The Labute approximate surface area is 122 Å². The Kier molecular flexibility index (Phi) is 3.30. The number of fused-ring (bicyclic) bond motifs is 1. The van der Waals surface area contributed by atoms with Gasteiger partial charge in [-0.15, -0.1) is 0 Å². The zero-order valence-corrected chi connectivity index (χ0v) is 12.0. The van der Waals surface area contributed by atoms with E-state index in [2.05, 4.69) is 20.0 Å². The van der Waals surface area contributed by atoms with E-state index >= 15 is 0 Å². The predicted octanol–water partition coefficient (Wildman–Crippen LogP) is 0.601. The Hall–Kier alpha value is -2.48. The molecule has 0 N–H and O–H groups in total. The fourth-order valence-electron chi connectivity index (χ4n) is 1.93. The van der Waals surface area contributed by atoms with Crippen LogP contribution in [0.3, 0.4) is 0 Å². The second-order valence-corrected chi connectivity index (χ2v) is 5.59. The molecule has 0 radical (unpaired) electrons. The van der Waals surface area contributed by atoms with Gasteiger partial charge in [-0.25, -0.2) is 15.0 Å². The first-order valence-corrected chi connectivity index (χ1v) is 7.50. The first kappa shape index (κ1) is 13.5. The van der Waals surface area contributed by atoms with Gasteiger partial charge in [0.15, 0.2) is 17.4 Å². The molecule has 0 fully saturated rings. The quantitative estimate of drug-likeness (QED) is 0.818. The van der Waals surface area contributed by atoms with Gasteiger partial charge in [-0.1, -0.05) is 0 Å². The summed E-state index contributed by atoms with van der Waals surface area (Å²) in [5.41, 5.74) is 0.667. The molecule has 7 nitrogen and oxygen atoms in total. The zero-order chi connectivity index (χ0) is 15.0. The van der Waals surface area contributed by atoms with Crippen LogP contribution in [0.2, 0.25) is 0 Å². The number of carbonyl (C=O) groups excluding carboxylic acids is 1. The fraction of sp³-hybridized carbons (Fsp3) is 0.154. The molecule has 21 heavy (non-hydrogen) atoms. The summed E-state index contributed by atoms with van der Waals surface area (Å²) in [7, 11) is 0.371. The van der Waals surface area contributed by atoms with Gasteiger partial charge in [-0.2, -0.15) is 4.99 Å². The van der Waals surface area contributed by atoms with Gasteiger partial charge in [0.1, 0.15) is 12.1 Å². The van der Waals surface area contributed by atoms with Crippen LogP contribution in [-0.2, 0) is 15.6 Å². The van der Waals surface area contributed by atoms with Gasteiger partial charge in [0.25, 0.3) is 0 Å². The summed E-state index contributed by atoms with van der Waals surface area (Å²) in [5, 5.41) is 0. The Morgan fingerprint density at radius 1 is 1.19 bits per heavy atom. The lowest BCUT2D eigenvalue weighted by Gasteiger charge is -2.07. The van der Waals surface area contributed by atoms with Crippen molar-refractivity contribution in [3.63, 3.8) is 0 Å². The van der Waals surface area contributed by atoms with Crippen molar-refractivity contribution in [2.75, 3.05) is 13.4 Å². The fourth-order valence-corrected chi connectivity index (χ4v) is 2.47. The van der Waals surface area contributed by atoms with E-state index in [1.54, 1.807) is 24.5 Å². The molecule has 2 aliphatic rings. The largest absolute Gasteiger partial charge is 0.496 e. The molecule has 0 aromatic heterocycles. The van der Waals surface area contributed by atoms with E-state index in [9.17, 15) is 9.00 Å². The number of carbonyl (C=O) groups is 1. The topological polar surface area (TPSA) is 92.8 Å². The highest BCUT2D eigenvalue weighted by Gasteiger charge is 2.28. The van der Waals surface area contributed by atoms with E-state index in [1.807, 2.05) is 0 Å². The summed E-state index contributed by atoms with van der Waals surface area (Å²) in [6.45, 7) is 0. The number of methoxy groups -OCH3 is 1. The highest BCUT2D eigenvalue weighted by molar-refractivity contribution is 7.84. The van der Waals surface area contributed by atoms with Gasteiger partial charge >= 0.3 is 5.91 Å². The van der Waals surface area contributed by atoms with Crippen LogP contribution in [0.4, 0.5) is 0 Å². The smallest absolute Gasteiger partial charge is 0.301 e. The average molecular weight is 302 g/mol. The molecule has 1 amide bonds. The van der Waals surface area contributed by atoms with Gasteiger partial charge in [-0.05, 0) is 18.2 Å². The molecular formula is C13H10N4O3S. The lowest BCUT2D eigenvalue weighted by molar-refractivity contribution is -0.111. The van der Waals surface area contributed by atoms with Crippen LogP contribution < -0.4 is 4.74 Å². The van der Waals surface area contributed by atoms with Crippen molar-refractivity contribution in [2.24, 2.45) is 20.0 Å². The molecule has 1 aromatic carbocycles. The summed E-state index contributed by atoms with van der Waals surface area (Å²) < 4.78 is 16.9. The molecule has 1 unspecified atom stereocenters. The predicted molar refractivity (Wildman–Crippen MR) is 80.2 cm³/mol. The highest BCUT2D eigenvalue weighted by atomic mass is 32.2. The number of amides is 1. The van der Waals surface area contributed by atoms with Crippen LogP contribution in [0.5, 0.6) is 5.75 Å². The van der Waals surface area contributed by atoms with E-state index in [-0.39, 0.29) is 11.5 Å². The van der Waals surface area contributed by atoms with Crippen molar-refractivity contribution >= 4 is 40.4 Å². The van der Waals surface area contributed by atoms with Gasteiger partial charge in [0, 0.05) is 22.0 Å². The first-order chi connectivity index (χ1) is 10.1. The molecule has 0 spiro atoms. The van der Waals surface area contributed by atoms with E-state index in [0.717, 1.165) is 6.34 Å². The van der Waals surface area contributed by atoms with E-state index in [1.165, 1.54) is 7.11 Å². The van der Waals surface area contributed by atoms with Gasteiger partial charge in [0.05, 0.1) is 12.7 Å². The number of amidine groups is 2. The standard InChI is InChI=1S/C13H10N4O3S/c1-20-9-4-3-7(21(2)19)5-8(9)11-16-10-12(17-11)14-6-15-13(10)18/h3-6H,1-2H3. The number of benzene rings is 1. The van der Waals surface area contributed by atoms with Gasteiger partial charge in [0.2, 0.25) is 0 Å². The minimum Gasteiger partial charge on any atom is -0.496 e. The molecule has 8 heteroatoms. The lowest BCUT2D eigenvalue weighted by atomic mass is 10.2. The zero-order valence-electron chi connectivity index (χ0n) is 11.2. The third-order valence-corrected chi connectivity index (χ3v) is 3.86. The SMILES string of the molecule is COc1ccc(S(C)=O)cc1C1=NC2=NC=NC(=O)C2=N1. The average Bonchev–Trinajstić information content (AvgIpc) is 2.92. The summed E-state index contributed by atoms with van der Waals surface area (Å²) in [6.07, 6.45) is 2.73. The van der Waals surface area contributed by atoms with Crippen LogP contribution in [0, 0.1) is 0 Å². The number of hydrogen-bond donors (Lipinski definition) is 0. The molecular weight excluding hydrogens is 292 g/mol. The van der Waals surface area contributed by atoms with Crippen LogP contribution in [-0.4, -0.2) is 47.2 Å². The summed E-state index contributed by atoms with van der Waals surface area (Å²) >= 11 is 0. The molecule has 0 aliphatic carbocycles. The number of hydrogen-bond acceptors (Lipinski definition) is 6. The lowest BCUT2D eigenvalue weighted by Crippen LogP contribution is -2.21. The number of ether oxygens (including phenoxy) is 1. The Morgan fingerprint density at radius 2 is 2.00 bits per heavy atom. The third-order valence-electron chi connectivity index (χ3n) is 2.94. The van der Waals surface area contributed by atoms with E-state index in [4.69, 9.17) is 4.74 Å². The normalized spacial score (nSPS) is 17.8. The maximum Gasteiger partial charge on any atom is 0.301 e. The number of nitrogens with zero attached hydrogens (tertiary/aromatic N) is 4. The summed E-state index contributed by atoms with van der Waals surface area (Å²) in [6, 6.07) is 5.08. The minimum atomic E-state index is -1.15. The van der Waals surface area contributed by atoms with Gasteiger partial charge < -0.3 is 4.74 Å². The second-order valence-electron chi connectivity index (χ2n) is 4.21. The molecule has 106 valence electrons. The maximum atomic E-state index is 11.6. The molecule has 0 saturated heterocycles. The second kappa shape index (κ2) is 5.13. The van der Waals surface area contributed by atoms with Crippen LogP contribution in [0.15, 0.2) is 43.1 Å². The van der Waals surface area contributed by atoms with Crippen LogP contribution >= 0.6 is 0 Å². The van der Waals surface area contributed by atoms with Crippen molar-refractivity contribution in [3.8, 4) is 5.75 Å². The molecule has 2 heterocycles. The van der Waals surface area contributed by atoms with Crippen LogP contribution in [0.25, 0.3) is 0 Å². The van der Waals surface area contributed by atoms with Crippen molar-refractivity contribution in [3.05, 3.63) is 23.8 Å². The Balaban J connectivity index is 2.11. The maximum absolute atomic E-state index is 11.6. The molecule has 3 rings (SSSR count). The molecule has 1 atom stereocenters. The minimum absolute atomic E-state index is 0.109. The van der Waals surface area contributed by atoms with Gasteiger partial charge in [-0.3, -0.25) is 9.00 Å². The van der Waals surface area contributed by atoms with Crippen molar-refractivity contribution in [2.45, 2.75) is 4.90 Å². The summed E-state index contributed by atoms with van der Waals surface area (Å²) in [4.78, 5) is 28.1. The Bertz CT molecular complexity index is 793. The highest BCUT2D eigenvalue weighted by Crippen LogP contribution is 2.25. The van der Waals surface area contributed by atoms with E-state index < -0.39 is 16.7 Å². The monoisotopic (exact) mass is 302 g/mol. The molecule has 0 bridgehead atoms. The summed E-state index contributed by atoms with van der Waals surface area (Å²) in [5.74, 6) is 0.578. The van der Waals surface area contributed by atoms with Crippen molar-refractivity contribution < 1.29 is 13.7 Å². The van der Waals surface area contributed by atoms with Crippen molar-refractivity contribution in [1.82, 2.24) is 0 Å². The first-order valence-electron chi connectivity index (χ1n) is 5.94. The Morgan fingerprint density at radius 3 is 2.67 bits per heavy atom. The van der Waals surface area contributed by atoms with Crippen molar-refractivity contribution in [1.29, 1.82) is 0 Å². The third kappa shape index (κ3) is 2.33. The molecule has 1 aromatic rings.